The van der Waals surface area contributed by atoms with E-state index in [9.17, 15) is 9.59 Å². The van der Waals surface area contributed by atoms with E-state index in [0.29, 0.717) is 17.6 Å². The Kier molecular flexibility index (Phi) is 3.41. The molecule has 1 amide bonds. The first-order valence-electron chi connectivity index (χ1n) is 7.10. The first-order valence-corrected chi connectivity index (χ1v) is 7.10. The molecule has 21 heavy (non-hydrogen) atoms. The van der Waals surface area contributed by atoms with E-state index in [2.05, 4.69) is 12.2 Å². The molecule has 1 aliphatic heterocycles. The van der Waals surface area contributed by atoms with E-state index in [1.54, 1.807) is 0 Å². The summed E-state index contributed by atoms with van der Waals surface area (Å²) in [5.74, 6) is -0.684. The highest BCUT2D eigenvalue weighted by molar-refractivity contribution is 6.07. The van der Waals surface area contributed by atoms with Crippen LogP contribution in [0.25, 0.3) is 11.0 Å². The summed E-state index contributed by atoms with van der Waals surface area (Å²) in [5.41, 5.74) is 2.25. The predicted octanol–water partition coefficient (Wildman–Crippen LogP) is 2.43. The molecular weight excluding hydrogens is 270 g/mol. The van der Waals surface area contributed by atoms with Crippen molar-refractivity contribution in [1.29, 1.82) is 0 Å². The van der Waals surface area contributed by atoms with E-state index in [1.165, 1.54) is 6.26 Å². The molecule has 3 rings (SSSR count). The number of fused-ring (bicyclic) bond motifs is 1. The molecule has 1 N–H and O–H groups in total. The van der Waals surface area contributed by atoms with Gasteiger partial charge >= 0.3 is 5.97 Å². The van der Waals surface area contributed by atoms with Gasteiger partial charge < -0.3 is 14.5 Å². The molecule has 0 saturated carbocycles. The Balaban J connectivity index is 1.86. The zero-order chi connectivity index (χ0) is 15.0. The molecule has 1 fully saturated rings. The largest absolute Gasteiger partial charge is 0.463 e. The molecule has 1 aromatic heterocycles. The second-order valence-electron chi connectivity index (χ2n) is 5.34. The quantitative estimate of drug-likeness (QED) is 0.880. The number of ether oxygens (including phenoxy) is 1. The molecule has 2 aromatic rings. The van der Waals surface area contributed by atoms with E-state index >= 15 is 0 Å². The fourth-order valence-corrected chi connectivity index (χ4v) is 2.58. The normalized spacial score (nSPS) is 21.5. The molecule has 1 aromatic carbocycles. The molecule has 5 nitrogen and oxygen atoms in total. The number of cyclic esters (lactones) is 1. The summed E-state index contributed by atoms with van der Waals surface area (Å²) in [6.07, 6.45) is 2.66. The third-order valence-corrected chi connectivity index (χ3v) is 3.77. The standard InChI is InChI=1S/C16H17NO4/c1-3-10-4-5-14-11(7-10)12(8-20-14)15(18)17-13-6-9(2)21-16(13)19/h4-5,7-9,13H,3,6H2,1-2H3,(H,17,18)/t9-,13+/m1/s1. The van der Waals surface area contributed by atoms with Gasteiger partial charge in [-0.2, -0.15) is 0 Å². The number of rotatable bonds is 3. The highest BCUT2D eigenvalue weighted by Crippen LogP contribution is 2.23. The zero-order valence-electron chi connectivity index (χ0n) is 12.0. The van der Waals surface area contributed by atoms with Gasteiger partial charge in [-0.05, 0) is 31.0 Å². The molecule has 0 radical (unpaired) electrons. The second-order valence-corrected chi connectivity index (χ2v) is 5.34. The molecule has 5 heteroatoms. The maximum atomic E-state index is 12.3. The smallest absolute Gasteiger partial charge is 0.329 e. The lowest BCUT2D eigenvalue weighted by molar-refractivity contribution is -0.142. The molecule has 0 aliphatic carbocycles. The van der Waals surface area contributed by atoms with Gasteiger partial charge in [0.2, 0.25) is 0 Å². The van der Waals surface area contributed by atoms with Gasteiger partial charge in [-0.25, -0.2) is 4.79 Å². The minimum Gasteiger partial charge on any atom is -0.463 e. The van der Waals surface area contributed by atoms with E-state index < -0.39 is 6.04 Å². The average Bonchev–Trinajstić information content (AvgIpc) is 3.01. The van der Waals surface area contributed by atoms with Crippen molar-refractivity contribution in [3.8, 4) is 0 Å². The topological polar surface area (TPSA) is 68.5 Å². The minimum absolute atomic E-state index is 0.157. The summed E-state index contributed by atoms with van der Waals surface area (Å²) in [6.45, 7) is 3.86. The number of nitrogens with one attached hydrogen (secondary N) is 1. The van der Waals surface area contributed by atoms with Gasteiger partial charge in [-0.3, -0.25) is 4.79 Å². The van der Waals surface area contributed by atoms with Crippen LogP contribution in [0.1, 0.15) is 36.2 Å². The van der Waals surface area contributed by atoms with E-state index in [0.717, 1.165) is 17.4 Å². The molecule has 0 spiro atoms. The lowest BCUT2D eigenvalue weighted by Gasteiger charge is -2.07. The van der Waals surface area contributed by atoms with E-state index in [1.807, 2.05) is 25.1 Å². The van der Waals surface area contributed by atoms with Crippen LogP contribution in [0, 0.1) is 0 Å². The van der Waals surface area contributed by atoms with Crippen LogP contribution < -0.4 is 5.32 Å². The van der Waals surface area contributed by atoms with Crippen LogP contribution >= 0.6 is 0 Å². The maximum Gasteiger partial charge on any atom is 0.329 e. The van der Waals surface area contributed by atoms with Gasteiger partial charge in [0.05, 0.1) is 5.56 Å². The van der Waals surface area contributed by atoms with Crippen molar-refractivity contribution in [3.05, 3.63) is 35.6 Å². The number of carbonyl (C=O) groups is 2. The first-order chi connectivity index (χ1) is 10.1. The van der Waals surface area contributed by atoms with Crippen molar-refractivity contribution in [2.45, 2.75) is 38.8 Å². The number of hydrogen-bond acceptors (Lipinski definition) is 4. The fraction of sp³-hybridized carbons (Fsp3) is 0.375. The van der Waals surface area contributed by atoms with E-state index in [4.69, 9.17) is 9.15 Å². The SMILES string of the molecule is CCc1ccc2occ(C(=O)N[C@H]3C[C@@H](C)OC3=O)c2c1. The molecule has 0 unspecified atom stereocenters. The van der Waals surface area contributed by atoms with Crippen molar-refractivity contribution in [2.75, 3.05) is 0 Å². The number of esters is 1. The van der Waals surface area contributed by atoms with Crippen LogP contribution in [-0.4, -0.2) is 24.0 Å². The van der Waals surface area contributed by atoms with Crippen molar-refractivity contribution in [3.63, 3.8) is 0 Å². The summed E-state index contributed by atoms with van der Waals surface area (Å²) in [4.78, 5) is 23.9. The second kappa shape index (κ2) is 5.24. The lowest BCUT2D eigenvalue weighted by Crippen LogP contribution is -2.37. The monoisotopic (exact) mass is 287 g/mol. The molecule has 1 aliphatic rings. The number of furan rings is 1. The third-order valence-electron chi connectivity index (χ3n) is 3.77. The number of hydrogen-bond donors (Lipinski definition) is 1. The Morgan fingerprint density at radius 2 is 2.24 bits per heavy atom. The minimum atomic E-state index is -0.577. The Morgan fingerprint density at radius 1 is 1.43 bits per heavy atom. The van der Waals surface area contributed by atoms with Crippen LogP contribution in [0.5, 0.6) is 0 Å². The van der Waals surface area contributed by atoms with Gasteiger partial charge in [0.15, 0.2) is 0 Å². The fourth-order valence-electron chi connectivity index (χ4n) is 2.58. The van der Waals surface area contributed by atoms with Crippen molar-refractivity contribution in [2.24, 2.45) is 0 Å². The summed E-state index contributed by atoms with van der Waals surface area (Å²) in [5, 5.41) is 3.49. The van der Waals surface area contributed by atoms with Crippen molar-refractivity contribution >= 4 is 22.8 Å². The predicted molar refractivity (Wildman–Crippen MR) is 77.0 cm³/mol. The number of carbonyl (C=O) groups excluding carboxylic acids is 2. The Labute approximate surface area is 122 Å². The van der Waals surface area contributed by atoms with Crippen molar-refractivity contribution < 1.29 is 18.7 Å². The highest BCUT2D eigenvalue weighted by atomic mass is 16.6. The van der Waals surface area contributed by atoms with E-state index in [-0.39, 0.29) is 18.0 Å². The van der Waals surface area contributed by atoms with Crippen LogP contribution in [0.15, 0.2) is 28.9 Å². The number of amides is 1. The highest BCUT2D eigenvalue weighted by Gasteiger charge is 2.33. The zero-order valence-corrected chi connectivity index (χ0v) is 12.0. The van der Waals surface area contributed by atoms with Gasteiger partial charge in [-0.15, -0.1) is 0 Å². The molecule has 1 saturated heterocycles. The van der Waals surface area contributed by atoms with Crippen LogP contribution in [0.4, 0.5) is 0 Å². The molecule has 2 heterocycles. The summed E-state index contributed by atoms with van der Waals surface area (Å²) in [6, 6.07) is 5.20. The molecule has 110 valence electrons. The maximum absolute atomic E-state index is 12.3. The molecule has 0 bridgehead atoms. The van der Waals surface area contributed by atoms with Crippen LogP contribution in [0.2, 0.25) is 0 Å². The summed E-state index contributed by atoms with van der Waals surface area (Å²) >= 11 is 0. The van der Waals surface area contributed by atoms with Gasteiger partial charge in [0.1, 0.15) is 24.0 Å². The van der Waals surface area contributed by atoms with Crippen molar-refractivity contribution in [1.82, 2.24) is 5.32 Å². The summed E-state index contributed by atoms with van der Waals surface area (Å²) < 4.78 is 10.4. The lowest BCUT2D eigenvalue weighted by atomic mass is 10.1. The van der Waals surface area contributed by atoms with Gasteiger partial charge in [0, 0.05) is 11.8 Å². The average molecular weight is 287 g/mol. The molecule has 2 atom stereocenters. The number of aryl methyl sites for hydroxylation is 1. The van der Waals surface area contributed by atoms with Gasteiger partial charge in [-0.1, -0.05) is 13.0 Å². The Hall–Kier alpha value is -2.30. The third kappa shape index (κ3) is 2.51. The Morgan fingerprint density at radius 3 is 2.90 bits per heavy atom. The summed E-state index contributed by atoms with van der Waals surface area (Å²) in [7, 11) is 0. The Bertz CT molecular complexity index is 703. The molecular formula is C16H17NO4. The number of benzene rings is 1. The van der Waals surface area contributed by atoms with Crippen LogP contribution in [0.3, 0.4) is 0 Å². The van der Waals surface area contributed by atoms with Crippen LogP contribution in [-0.2, 0) is 16.0 Å². The first kappa shape index (κ1) is 13.7. The van der Waals surface area contributed by atoms with Gasteiger partial charge in [0.25, 0.3) is 5.91 Å².